The van der Waals surface area contributed by atoms with E-state index in [1.54, 1.807) is 0 Å². The van der Waals surface area contributed by atoms with Crippen LogP contribution >= 0.6 is 0 Å². The van der Waals surface area contributed by atoms with Crippen molar-refractivity contribution in [3.63, 3.8) is 0 Å². The summed E-state index contributed by atoms with van der Waals surface area (Å²) < 4.78 is 0. The maximum absolute atomic E-state index is 10.6. The number of carbonyl (C=O) groups excluding carboxylic acids is 1. The highest BCUT2D eigenvalue weighted by Gasteiger charge is 1.98. The summed E-state index contributed by atoms with van der Waals surface area (Å²) in [7, 11) is 0. The Bertz CT molecular complexity index is 437. The molecular weight excluding hydrogens is 172 g/mol. The van der Waals surface area contributed by atoms with Crippen LogP contribution < -0.4 is 0 Å². The molecule has 0 aliphatic heterocycles. The molecule has 0 radical (unpaired) electrons. The Hall–Kier alpha value is -1.89. The number of aldehydes is 1. The van der Waals surface area contributed by atoms with Gasteiger partial charge in [-0.1, -0.05) is 48.6 Å². The van der Waals surface area contributed by atoms with Crippen LogP contribution in [0.4, 0.5) is 0 Å². The van der Waals surface area contributed by atoms with Gasteiger partial charge in [0.1, 0.15) is 6.29 Å². The van der Waals surface area contributed by atoms with Crippen molar-refractivity contribution in [1.29, 1.82) is 0 Å². The lowest BCUT2D eigenvalue weighted by atomic mass is 10.0. The molecule has 2 rings (SSSR count). The molecule has 0 heterocycles. The molecule has 1 heteroatoms. The van der Waals surface area contributed by atoms with Crippen molar-refractivity contribution in [3.05, 3.63) is 59.2 Å². The number of rotatable bonds is 1. The van der Waals surface area contributed by atoms with Crippen molar-refractivity contribution >= 4 is 18.4 Å². The number of allylic oxidation sites excluding steroid dienone is 4. The number of benzene rings is 1. The zero-order chi connectivity index (χ0) is 9.80. The standard InChI is InChI=1S/C13H10O/c14-10-11-7-8-12-5-3-1-2-4-6-13(12)9-11/h1-10H/b2-1-,3-1?,4-2?,5-3?,6-4-,12-5?,13-6?. The van der Waals surface area contributed by atoms with E-state index in [4.69, 9.17) is 0 Å². The van der Waals surface area contributed by atoms with Crippen molar-refractivity contribution in [1.82, 2.24) is 0 Å². The summed E-state index contributed by atoms with van der Waals surface area (Å²) in [5.74, 6) is 0. The van der Waals surface area contributed by atoms with Crippen molar-refractivity contribution in [2.24, 2.45) is 0 Å². The van der Waals surface area contributed by atoms with Crippen LogP contribution in [-0.2, 0) is 0 Å². The Morgan fingerprint density at radius 3 is 2.29 bits per heavy atom. The fourth-order valence-electron chi connectivity index (χ4n) is 1.41. The van der Waals surface area contributed by atoms with Gasteiger partial charge in [-0.25, -0.2) is 0 Å². The van der Waals surface area contributed by atoms with Crippen LogP contribution in [0.5, 0.6) is 0 Å². The highest BCUT2D eigenvalue weighted by atomic mass is 16.1. The van der Waals surface area contributed by atoms with Gasteiger partial charge in [0.2, 0.25) is 0 Å². The first-order chi connectivity index (χ1) is 6.90. The predicted octanol–water partition coefficient (Wildman–Crippen LogP) is 3.10. The van der Waals surface area contributed by atoms with Crippen molar-refractivity contribution in [2.75, 3.05) is 0 Å². The van der Waals surface area contributed by atoms with Crippen LogP contribution in [-0.4, -0.2) is 6.29 Å². The van der Waals surface area contributed by atoms with Gasteiger partial charge >= 0.3 is 0 Å². The van der Waals surface area contributed by atoms with Crippen LogP contribution in [0.15, 0.2) is 42.5 Å². The molecule has 0 spiro atoms. The molecule has 0 fully saturated rings. The van der Waals surface area contributed by atoms with Crippen molar-refractivity contribution < 1.29 is 4.79 Å². The summed E-state index contributed by atoms with van der Waals surface area (Å²) >= 11 is 0. The van der Waals surface area contributed by atoms with Gasteiger partial charge in [0.25, 0.3) is 0 Å². The van der Waals surface area contributed by atoms with E-state index < -0.39 is 0 Å². The van der Waals surface area contributed by atoms with Crippen LogP contribution in [0.25, 0.3) is 12.2 Å². The highest BCUT2D eigenvalue weighted by molar-refractivity contribution is 5.79. The largest absolute Gasteiger partial charge is 0.298 e. The first kappa shape index (κ1) is 8.70. The number of hydrogen-bond donors (Lipinski definition) is 0. The molecule has 68 valence electrons. The molecule has 1 nitrogen and oxygen atoms in total. The van der Waals surface area contributed by atoms with Crippen molar-refractivity contribution in [3.8, 4) is 0 Å². The second-order valence-corrected chi connectivity index (χ2v) is 3.11. The van der Waals surface area contributed by atoms with E-state index >= 15 is 0 Å². The molecule has 0 aromatic heterocycles. The zero-order valence-electron chi connectivity index (χ0n) is 7.68. The highest BCUT2D eigenvalue weighted by Crippen LogP contribution is 2.16. The first-order valence-corrected chi connectivity index (χ1v) is 4.51. The average Bonchev–Trinajstić information content (AvgIpc) is 2.18. The fraction of sp³-hybridized carbons (Fsp3) is 0. The monoisotopic (exact) mass is 182 g/mol. The van der Waals surface area contributed by atoms with E-state index in [0.717, 1.165) is 17.4 Å². The molecular formula is C13H10O. The van der Waals surface area contributed by atoms with E-state index in [1.807, 2.05) is 54.7 Å². The lowest BCUT2D eigenvalue weighted by Gasteiger charge is -2.02. The minimum atomic E-state index is 0.714. The number of carbonyl (C=O) groups is 1. The van der Waals surface area contributed by atoms with Gasteiger partial charge in [0, 0.05) is 5.56 Å². The Balaban J connectivity index is 2.54. The van der Waals surface area contributed by atoms with Gasteiger partial charge in [-0.15, -0.1) is 0 Å². The van der Waals surface area contributed by atoms with Gasteiger partial charge in [-0.2, -0.15) is 0 Å². The molecule has 0 atom stereocenters. The van der Waals surface area contributed by atoms with Crippen molar-refractivity contribution in [2.45, 2.75) is 0 Å². The smallest absolute Gasteiger partial charge is 0.150 e. The summed E-state index contributed by atoms with van der Waals surface area (Å²) in [6.07, 6.45) is 12.8. The summed E-state index contributed by atoms with van der Waals surface area (Å²) in [5, 5.41) is 0. The quantitative estimate of drug-likeness (QED) is 0.610. The zero-order valence-corrected chi connectivity index (χ0v) is 7.68. The third-order valence-electron chi connectivity index (χ3n) is 2.13. The van der Waals surface area contributed by atoms with Gasteiger partial charge in [-0.3, -0.25) is 4.79 Å². The second kappa shape index (κ2) is 3.88. The van der Waals surface area contributed by atoms with E-state index in [9.17, 15) is 4.79 Å². The topological polar surface area (TPSA) is 17.1 Å². The lowest BCUT2D eigenvalue weighted by Crippen LogP contribution is -1.86. The molecule has 1 aromatic rings. The van der Waals surface area contributed by atoms with Gasteiger partial charge in [-0.05, 0) is 17.2 Å². The molecule has 0 unspecified atom stereocenters. The molecule has 1 aliphatic rings. The van der Waals surface area contributed by atoms with Crippen LogP contribution in [0.1, 0.15) is 21.5 Å². The van der Waals surface area contributed by atoms with Gasteiger partial charge in [0.15, 0.2) is 0 Å². The molecule has 1 aromatic carbocycles. The third-order valence-corrected chi connectivity index (χ3v) is 2.13. The Morgan fingerprint density at radius 1 is 0.857 bits per heavy atom. The molecule has 0 bridgehead atoms. The number of fused-ring (bicyclic) bond motifs is 1. The number of hydrogen-bond acceptors (Lipinski definition) is 1. The third kappa shape index (κ3) is 1.72. The molecule has 14 heavy (non-hydrogen) atoms. The van der Waals surface area contributed by atoms with Crippen LogP contribution in [0.3, 0.4) is 0 Å². The molecule has 0 saturated carbocycles. The maximum Gasteiger partial charge on any atom is 0.150 e. The maximum atomic E-state index is 10.6. The van der Waals surface area contributed by atoms with E-state index in [-0.39, 0.29) is 0 Å². The van der Waals surface area contributed by atoms with Gasteiger partial charge < -0.3 is 0 Å². The van der Waals surface area contributed by atoms with E-state index in [2.05, 4.69) is 0 Å². The molecule has 0 saturated heterocycles. The minimum absolute atomic E-state index is 0.714. The first-order valence-electron chi connectivity index (χ1n) is 4.51. The fourth-order valence-corrected chi connectivity index (χ4v) is 1.41. The molecule has 1 aliphatic carbocycles. The van der Waals surface area contributed by atoms with Crippen LogP contribution in [0.2, 0.25) is 0 Å². The van der Waals surface area contributed by atoms with E-state index in [0.29, 0.717) is 5.56 Å². The SMILES string of the molecule is O=Cc1ccc2c(c1)/C=C\C=C/C=C2. The van der Waals surface area contributed by atoms with Gasteiger partial charge in [0.05, 0.1) is 0 Å². The summed E-state index contributed by atoms with van der Waals surface area (Å²) in [6.45, 7) is 0. The Kier molecular flexibility index (Phi) is 2.41. The Labute approximate surface area is 83.1 Å². The second-order valence-electron chi connectivity index (χ2n) is 3.11. The predicted molar refractivity (Wildman–Crippen MR) is 59.0 cm³/mol. The average molecular weight is 182 g/mol. The normalized spacial score (nSPS) is 17.7. The minimum Gasteiger partial charge on any atom is -0.298 e. The Morgan fingerprint density at radius 2 is 1.57 bits per heavy atom. The van der Waals surface area contributed by atoms with Crippen LogP contribution in [0, 0.1) is 0 Å². The molecule has 0 N–H and O–H groups in total. The summed E-state index contributed by atoms with van der Waals surface area (Å²) in [6, 6.07) is 5.68. The van der Waals surface area contributed by atoms with E-state index in [1.165, 1.54) is 0 Å². The molecule has 0 amide bonds. The summed E-state index contributed by atoms with van der Waals surface area (Å²) in [5.41, 5.74) is 2.93. The lowest BCUT2D eigenvalue weighted by molar-refractivity contribution is 0.112. The summed E-state index contributed by atoms with van der Waals surface area (Å²) in [4.78, 5) is 10.6.